The van der Waals surface area contributed by atoms with Gasteiger partial charge in [-0.25, -0.2) is 0 Å². The van der Waals surface area contributed by atoms with E-state index in [0.29, 0.717) is 40.9 Å². The lowest BCUT2D eigenvalue weighted by Gasteiger charge is -2.66. The van der Waals surface area contributed by atoms with Gasteiger partial charge in [0.2, 0.25) is 0 Å². The Morgan fingerprint density at radius 3 is 2.43 bits per heavy atom. The third-order valence-corrected chi connectivity index (χ3v) is 10.9. The van der Waals surface area contributed by atoms with Gasteiger partial charge in [0.15, 0.2) is 5.78 Å². The summed E-state index contributed by atoms with van der Waals surface area (Å²) in [6.45, 7) is 9.36. The SMILES string of the molecule is CC(C)C1=C2C3CCC4C5(C)CCC(O)CC5CCC4(C)C3CCC2(C=O)CC1=O. The molecule has 0 spiro atoms. The van der Waals surface area contributed by atoms with E-state index in [4.69, 9.17) is 0 Å². The maximum Gasteiger partial charge on any atom is 0.160 e. The molecule has 0 aliphatic heterocycles. The number of carbonyl (C=O) groups is 2. The molecule has 3 heteroatoms. The van der Waals surface area contributed by atoms with Crippen LogP contribution in [-0.4, -0.2) is 23.3 Å². The van der Waals surface area contributed by atoms with E-state index in [9.17, 15) is 14.7 Å². The number of Topliss-reactive ketones (excluding diaryl/α,β-unsaturated/α-hetero) is 1. The Morgan fingerprint density at radius 2 is 1.73 bits per heavy atom. The largest absolute Gasteiger partial charge is 0.393 e. The number of aliphatic hydroxyl groups excluding tert-OH is 1. The molecule has 8 unspecified atom stereocenters. The summed E-state index contributed by atoms with van der Waals surface area (Å²) in [6, 6.07) is 0. The van der Waals surface area contributed by atoms with Crippen LogP contribution in [0.3, 0.4) is 0 Å². The summed E-state index contributed by atoms with van der Waals surface area (Å²) in [5.74, 6) is 2.85. The molecule has 0 aromatic rings. The normalized spacial score (nSPS) is 50.6. The van der Waals surface area contributed by atoms with Crippen LogP contribution in [0, 0.1) is 45.8 Å². The molecule has 5 rings (SSSR count). The van der Waals surface area contributed by atoms with Gasteiger partial charge in [0.25, 0.3) is 0 Å². The summed E-state index contributed by atoms with van der Waals surface area (Å²) < 4.78 is 0. The van der Waals surface area contributed by atoms with E-state index in [1.807, 2.05) is 0 Å². The highest BCUT2D eigenvalue weighted by atomic mass is 16.3. The number of ketones is 1. The number of aldehydes is 1. The highest BCUT2D eigenvalue weighted by Gasteiger charge is 2.63. The van der Waals surface area contributed by atoms with Crippen LogP contribution in [0.4, 0.5) is 0 Å². The molecule has 30 heavy (non-hydrogen) atoms. The van der Waals surface area contributed by atoms with Crippen molar-refractivity contribution in [3.8, 4) is 0 Å². The lowest BCUT2D eigenvalue weighted by Crippen LogP contribution is -2.59. The van der Waals surface area contributed by atoms with E-state index in [1.165, 1.54) is 24.8 Å². The molecule has 0 aromatic carbocycles. The van der Waals surface area contributed by atoms with Crippen LogP contribution in [-0.2, 0) is 9.59 Å². The zero-order valence-corrected chi connectivity index (χ0v) is 19.4. The average molecular weight is 413 g/mol. The van der Waals surface area contributed by atoms with Gasteiger partial charge in [0, 0.05) is 6.42 Å². The summed E-state index contributed by atoms with van der Waals surface area (Å²) in [4.78, 5) is 25.4. The van der Waals surface area contributed by atoms with Crippen molar-refractivity contribution in [2.45, 2.75) is 98.0 Å². The molecule has 0 heterocycles. The lowest BCUT2D eigenvalue weighted by molar-refractivity contribution is -0.162. The van der Waals surface area contributed by atoms with Gasteiger partial charge in [-0.15, -0.1) is 0 Å². The Morgan fingerprint density at radius 1 is 1.00 bits per heavy atom. The molecule has 0 bridgehead atoms. The van der Waals surface area contributed by atoms with Crippen LogP contribution in [0.2, 0.25) is 0 Å². The number of hydrogen-bond donors (Lipinski definition) is 1. The van der Waals surface area contributed by atoms with Gasteiger partial charge in [-0.3, -0.25) is 4.79 Å². The van der Waals surface area contributed by atoms with Crippen molar-refractivity contribution in [1.82, 2.24) is 0 Å². The van der Waals surface area contributed by atoms with Crippen molar-refractivity contribution in [1.29, 1.82) is 0 Å². The number of aliphatic hydroxyl groups is 1. The molecule has 4 fully saturated rings. The quantitative estimate of drug-likeness (QED) is 0.609. The second kappa shape index (κ2) is 6.77. The first-order valence-corrected chi connectivity index (χ1v) is 12.6. The third-order valence-electron chi connectivity index (χ3n) is 10.9. The number of fused-ring (bicyclic) bond motifs is 7. The molecule has 0 radical (unpaired) electrons. The average Bonchev–Trinajstić information content (AvgIpc) is 3.01. The van der Waals surface area contributed by atoms with Gasteiger partial charge < -0.3 is 9.90 Å². The Labute approximate surface area is 182 Å². The van der Waals surface area contributed by atoms with E-state index < -0.39 is 5.41 Å². The second-order valence-corrected chi connectivity index (χ2v) is 12.4. The van der Waals surface area contributed by atoms with E-state index in [0.717, 1.165) is 50.4 Å². The highest BCUT2D eigenvalue weighted by Crippen LogP contribution is 2.70. The first kappa shape index (κ1) is 20.9. The first-order chi connectivity index (χ1) is 14.2. The number of carbonyl (C=O) groups excluding carboxylic acids is 2. The van der Waals surface area contributed by atoms with E-state index in [2.05, 4.69) is 27.7 Å². The van der Waals surface area contributed by atoms with Crippen molar-refractivity contribution >= 4 is 12.1 Å². The Balaban J connectivity index is 1.55. The van der Waals surface area contributed by atoms with Gasteiger partial charge >= 0.3 is 0 Å². The van der Waals surface area contributed by atoms with Gasteiger partial charge in [0.05, 0.1) is 11.5 Å². The highest BCUT2D eigenvalue weighted by molar-refractivity contribution is 6.03. The molecular weight excluding hydrogens is 372 g/mol. The van der Waals surface area contributed by atoms with E-state index in [1.54, 1.807) is 0 Å². The minimum atomic E-state index is -0.489. The van der Waals surface area contributed by atoms with Crippen molar-refractivity contribution in [2.75, 3.05) is 0 Å². The minimum Gasteiger partial charge on any atom is -0.393 e. The van der Waals surface area contributed by atoms with Crippen LogP contribution < -0.4 is 0 Å². The predicted octanol–water partition coefficient (Wildman–Crippen LogP) is 5.50. The molecule has 166 valence electrons. The number of rotatable bonds is 2. The molecule has 0 saturated heterocycles. The van der Waals surface area contributed by atoms with Crippen molar-refractivity contribution in [3.63, 3.8) is 0 Å². The standard InChI is InChI=1S/C27H40O3/c1-16(2)23-21(30)14-27(15-28)12-9-20-19(24(23)27)5-6-22-25(3)11-8-18(29)13-17(25)7-10-26(20,22)4/h15-20,22,29H,5-14H2,1-4H3. The monoisotopic (exact) mass is 412 g/mol. The molecule has 4 saturated carbocycles. The smallest absolute Gasteiger partial charge is 0.160 e. The van der Waals surface area contributed by atoms with Crippen molar-refractivity contribution in [2.24, 2.45) is 45.8 Å². The fraction of sp³-hybridized carbons (Fsp3) is 0.852. The zero-order chi connectivity index (χ0) is 21.5. The predicted molar refractivity (Wildman–Crippen MR) is 118 cm³/mol. The Bertz CT molecular complexity index is 796. The van der Waals surface area contributed by atoms with Crippen LogP contribution in [0.15, 0.2) is 11.1 Å². The summed E-state index contributed by atoms with van der Waals surface area (Å²) in [6.07, 6.45) is 11.4. The maximum absolute atomic E-state index is 13.0. The summed E-state index contributed by atoms with van der Waals surface area (Å²) >= 11 is 0. The topological polar surface area (TPSA) is 54.4 Å². The molecule has 5 aliphatic carbocycles. The number of allylic oxidation sites excluding steroid dienone is 2. The molecule has 0 amide bonds. The van der Waals surface area contributed by atoms with Gasteiger partial charge in [-0.05, 0) is 109 Å². The molecule has 5 aliphatic rings. The Hall–Kier alpha value is -0.960. The maximum atomic E-state index is 13.0. The van der Waals surface area contributed by atoms with E-state index >= 15 is 0 Å². The van der Waals surface area contributed by atoms with Crippen molar-refractivity contribution < 1.29 is 14.7 Å². The van der Waals surface area contributed by atoms with Gasteiger partial charge in [-0.1, -0.05) is 27.7 Å². The molecule has 0 aromatic heterocycles. The van der Waals surface area contributed by atoms with Crippen LogP contribution >= 0.6 is 0 Å². The zero-order valence-electron chi connectivity index (χ0n) is 19.4. The summed E-state index contributed by atoms with van der Waals surface area (Å²) in [5.41, 5.74) is 2.44. The minimum absolute atomic E-state index is 0.102. The fourth-order valence-electron chi connectivity index (χ4n) is 9.60. The summed E-state index contributed by atoms with van der Waals surface area (Å²) in [5, 5.41) is 10.3. The van der Waals surface area contributed by atoms with Gasteiger partial charge in [0.1, 0.15) is 6.29 Å². The Kier molecular flexibility index (Phi) is 4.72. The van der Waals surface area contributed by atoms with Crippen LogP contribution in [0.5, 0.6) is 0 Å². The van der Waals surface area contributed by atoms with Gasteiger partial charge in [-0.2, -0.15) is 0 Å². The molecule has 8 atom stereocenters. The van der Waals surface area contributed by atoms with Crippen LogP contribution in [0.25, 0.3) is 0 Å². The molecular formula is C27H40O3. The van der Waals surface area contributed by atoms with Crippen molar-refractivity contribution in [3.05, 3.63) is 11.1 Å². The first-order valence-electron chi connectivity index (χ1n) is 12.6. The molecule has 3 nitrogen and oxygen atoms in total. The van der Waals surface area contributed by atoms with Crippen LogP contribution in [0.1, 0.15) is 91.9 Å². The number of hydrogen-bond acceptors (Lipinski definition) is 3. The second-order valence-electron chi connectivity index (χ2n) is 12.4. The van der Waals surface area contributed by atoms with E-state index in [-0.39, 0.29) is 17.8 Å². The fourth-order valence-corrected chi connectivity index (χ4v) is 9.60. The third kappa shape index (κ3) is 2.60. The summed E-state index contributed by atoms with van der Waals surface area (Å²) in [7, 11) is 0. The lowest BCUT2D eigenvalue weighted by atomic mass is 9.39. The molecule has 1 N–H and O–H groups in total.